The minimum absolute atomic E-state index is 0.291. The Morgan fingerprint density at radius 3 is 2.68 bits per heavy atom. The molecule has 1 amide bonds. The highest BCUT2D eigenvalue weighted by molar-refractivity contribution is 5.79. The number of carbonyl (C=O) groups is 1. The van der Waals surface area contributed by atoms with E-state index < -0.39 is 0 Å². The standard InChI is InChI=1S/C15H27N3O/c1-17-9-2-3-13-11-18(10-6-14(13)17)15(19)12-4-7-16-8-5-12/h12-14,16H,2-11H2,1H3. The number of nitrogens with one attached hydrogen (secondary N) is 1. The van der Waals surface area contributed by atoms with Crippen LogP contribution in [-0.4, -0.2) is 61.5 Å². The fraction of sp³-hybridized carbons (Fsp3) is 0.933. The average Bonchev–Trinajstić information content (AvgIpc) is 2.47. The third kappa shape index (κ3) is 2.79. The van der Waals surface area contributed by atoms with Gasteiger partial charge in [-0.15, -0.1) is 0 Å². The average molecular weight is 265 g/mol. The summed E-state index contributed by atoms with van der Waals surface area (Å²) >= 11 is 0. The van der Waals surface area contributed by atoms with Crippen molar-refractivity contribution in [3.63, 3.8) is 0 Å². The van der Waals surface area contributed by atoms with Crippen molar-refractivity contribution in [3.8, 4) is 0 Å². The van der Waals surface area contributed by atoms with Crippen molar-refractivity contribution in [1.29, 1.82) is 0 Å². The van der Waals surface area contributed by atoms with Crippen molar-refractivity contribution >= 4 is 5.91 Å². The van der Waals surface area contributed by atoms with Crippen LogP contribution in [0.2, 0.25) is 0 Å². The van der Waals surface area contributed by atoms with Crippen molar-refractivity contribution < 1.29 is 4.79 Å². The maximum absolute atomic E-state index is 12.6. The van der Waals surface area contributed by atoms with E-state index in [0.717, 1.165) is 51.0 Å². The summed E-state index contributed by atoms with van der Waals surface area (Å²) in [7, 11) is 2.25. The summed E-state index contributed by atoms with van der Waals surface area (Å²) in [5.41, 5.74) is 0. The normalized spacial score (nSPS) is 34.1. The first-order valence-electron chi connectivity index (χ1n) is 7.95. The van der Waals surface area contributed by atoms with E-state index in [2.05, 4.69) is 22.2 Å². The lowest BCUT2D eigenvalue weighted by Gasteiger charge is -2.46. The molecule has 2 atom stereocenters. The zero-order chi connectivity index (χ0) is 13.2. The molecule has 1 N–H and O–H groups in total. The molecule has 0 aromatic heterocycles. The molecule has 108 valence electrons. The summed E-state index contributed by atoms with van der Waals surface area (Å²) < 4.78 is 0. The van der Waals surface area contributed by atoms with Crippen LogP contribution in [0.3, 0.4) is 0 Å². The number of amides is 1. The van der Waals surface area contributed by atoms with Crippen LogP contribution in [0.15, 0.2) is 0 Å². The minimum Gasteiger partial charge on any atom is -0.342 e. The smallest absolute Gasteiger partial charge is 0.225 e. The van der Waals surface area contributed by atoms with Crippen molar-refractivity contribution in [2.45, 2.75) is 38.1 Å². The van der Waals surface area contributed by atoms with E-state index in [1.807, 2.05) is 0 Å². The molecule has 3 rings (SSSR count). The van der Waals surface area contributed by atoms with E-state index in [9.17, 15) is 4.79 Å². The van der Waals surface area contributed by atoms with Crippen LogP contribution >= 0.6 is 0 Å². The molecule has 0 radical (unpaired) electrons. The molecule has 0 aliphatic carbocycles. The highest BCUT2D eigenvalue weighted by atomic mass is 16.2. The topological polar surface area (TPSA) is 35.6 Å². The second kappa shape index (κ2) is 5.80. The number of fused-ring (bicyclic) bond motifs is 1. The molecule has 0 saturated carbocycles. The van der Waals surface area contributed by atoms with Crippen LogP contribution in [0.1, 0.15) is 32.1 Å². The third-order valence-electron chi connectivity index (χ3n) is 5.35. The summed E-state index contributed by atoms with van der Waals surface area (Å²) in [5.74, 6) is 1.45. The van der Waals surface area contributed by atoms with E-state index in [-0.39, 0.29) is 0 Å². The van der Waals surface area contributed by atoms with Crippen LogP contribution in [0.5, 0.6) is 0 Å². The van der Waals surface area contributed by atoms with Crippen LogP contribution < -0.4 is 5.32 Å². The highest BCUT2D eigenvalue weighted by Crippen LogP contribution is 2.30. The Morgan fingerprint density at radius 2 is 1.89 bits per heavy atom. The van der Waals surface area contributed by atoms with Gasteiger partial charge in [0.2, 0.25) is 5.91 Å². The van der Waals surface area contributed by atoms with Gasteiger partial charge in [-0.3, -0.25) is 4.79 Å². The van der Waals surface area contributed by atoms with Gasteiger partial charge >= 0.3 is 0 Å². The molecule has 3 fully saturated rings. The van der Waals surface area contributed by atoms with E-state index in [4.69, 9.17) is 0 Å². The van der Waals surface area contributed by atoms with Crippen LogP contribution in [0, 0.1) is 11.8 Å². The van der Waals surface area contributed by atoms with Gasteiger partial charge in [0.25, 0.3) is 0 Å². The summed E-state index contributed by atoms with van der Waals surface area (Å²) in [4.78, 5) is 17.3. The largest absolute Gasteiger partial charge is 0.342 e. The summed E-state index contributed by atoms with van der Waals surface area (Å²) in [6.45, 7) is 5.26. The van der Waals surface area contributed by atoms with Crippen molar-refractivity contribution in [3.05, 3.63) is 0 Å². The monoisotopic (exact) mass is 265 g/mol. The van der Waals surface area contributed by atoms with Crippen LogP contribution in [0.25, 0.3) is 0 Å². The lowest BCUT2D eigenvalue weighted by molar-refractivity contribution is -0.139. The number of rotatable bonds is 1. The number of hydrogen-bond acceptors (Lipinski definition) is 3. The Labute approximate surface area is 116 Å². The van der Waals surface area contributed by atoms with Crippen molar-refractivity contribution in [1.82, 2.24) is 15.1 Å². The molecule has 3 saturated heterocycles. The van der Waals surface area contributed by atoms with Crippen LogP contribution in [-0.2, 0) is 4.79 Å². The Morgan fingerprint density at radius 1 is 1.11 bits per heavy atom. The molecule has 2 unspecified atom stereocenters. The molecular formula is C15H27N3O. The second-order valence-electron chi connectivity index (χ2n) is 6.55. The summed E-state index contributed by atoms with van der Waals surface area (Å²) in [6, 6.07) is 0.728. The molecule has 0 aromatic rings. The quantitative estimate of drug-likeness (QED) is 0.766. The lowest BCUT2D eigenvalue weighted by atomic mass is 9.83. The number of hydrogen-bond donors (Lipinski definition) is 1. The number of likely N-dealkylation sites (tertiary alicyclic amines) is 2. The first-order chi connectivity index (χ1) is 9.25. The van der Waals surface area contributed by atoms with E-state index in [0.29, 0.717) is 11.8 Å². The number of nitrogens with zero attached hydrogens (tertiary/aromatic N) is 2. The van der Waals surface area contributed by atoms with Gasteiger partial charge in [0, 0.05) is 25.0 Å². The molecule has 19 heavy (non-hydrogen) atoms. The fourth-order valence-corrected chi connectivity index (χ4v) is 4.18. The molecule has 0 spiro atoms. The first-order valence-corrected chi connectivity index (χ1v) is 7.95. The van der Waals surface area contributed by atoms with Gasteiger partial charge in [-0.2, -0.15) is 0 Å². The summed E-state index contributed by atoms with van der Waals surface area (Å²) in [5, 5.41) is 3.35. The van der Waals surface area contributed by atoms with E-state index in [1.165, 1.54) is 25.8 Å². The Kier molecular flexibility index (Phi) is 4.08. The van der Waals surface area contributed by atoms with Crippen molar-refractivity contribution in [2.24, 2.45) is 11.8 Å². The van der Waals surface area contributed by atoms with Gasteiger partial charge in [0.05, 0.1) is 0 Å². The van der Waals surface area contributed by atoms with Crippen LogP contribution in [0.4, 0.5) is 0 Å². The third-order valence-corrected chi connectivity index (χ3v) is 5.35. The lowest BCUT2D eigenvalue weighted by Crippen LogP contribution is -2.55. The molecule has 0 aromatic carbocycles. The Bertz CT molecular complexity index is 327. The zero-order valence-corrected chi connectivity index (χ0v) is 12.1. The van der Waals surface area contributed by atoms with E-state index >= 15 is 0 Å². The fourth-order valence-electron chi connectivity index (χ4n) is 4.18. The molecule has 3 aliphatic heterocycles. The molecule has 0 bridgehead atoms. The Hall–Kier alpha value is -0.610. The van der Waals surface area contributed by atoms with E-state index in [1.54, 1.807) is 0 Å². The highest BCUT2D eigenvalue weighted by Gasteiger charge is 2.37. The first kappa shape index (κ1) is 13.4. The number of piperidine rings is 3. The van der Waals surface area contributed by atoms with Gasteiger partial charge in [-0.1, -0.05) is 0 Å². The second-order valence-corrected chi connectivity index (χ2v) is 6.55. The zero-order valence-electron chi connectivity index (χ0n) is 12.1. The molecule has 4 nitrogen and oxygen atoms in total. The number of carbonyl (C=O) groups excluding carboxylic acids is 1. The maximum Gasteiger partial charge on any atom is 0.225 e. The van der Waals surface area contributed by atoms with Crippen molar-refractivity contribution in [2.75, 3.05) is 39.8 Å². The molecular weight excluding hydrogens is 238 g/mol. The minimum atomic E-state index is 0.291. The van der Waals surface area contributed by atoms with Gasteiger partial charge < -0.3 is 15.1 Å². The van der Waals surface area contributed by atoms with Gasteiger partial charge in [0.1, 0.15) is 0 Å². The molecule has 3 heterocycles. The van der Waals surface area contributed by atoms with Gasteiger partial charge in [-0.05, 0) is 64.7 Å². The van der Waals surface area contributed by atoms with Gasteiger partial charge in [-0.25, -0.2) is 0 Å². The molecule has 4 heteroatoms. The Balaban J connectivity index is 1.59. The predicted octanol–water partition coefficient (Wildman–Crippen LogP) is 0.929. The van der Waals surface area contributed by atoms with Gasteiger partial charge in [0.15, 0.2) is 0 Å². The maximum atomic E-state index is 12.6. The SMILES string of the molecule is CN1CCCC2CN(C(=O)C3CCNCC3)CCC21. The predicted molar refractivity (Wildman–Crippen MR) is 75.9 cm³/mol. The molecule has 3 aliphatic rings. The summed E-state index contributed by atoms with van der Waals surface area (Å²) in [6.07, 6.45) is 5.85.